The summed E-state index contributed by atoms with van der Waals surface area (Å²) in [5.41, 5.74) is 1.67. The molecule has 0 bridgehead atoms. The van der Waals surface area contributed by atoms with E-state index in [1.54, 1.807) is 17.9 Å². The van der Waals surface area contributed by atoms with E-state index < -0.39 is 0 Å². The summed E-state index contributed by atoms with van der Waals surface area (Å²) < 4.78 is 5.74. The van der Waals surface area contributed by atoms with Crippen molar-refractivity contribution in [2.45, 2.75) is 51.9 Å². The van der Waals surface area contributed by atoms with Crippen molar-refractivity contribution in [3.8, 4) is 5.75 Å². The summed E-state index contributed by atoms with van der Waals surface area (Å²) in [5, 5.41) is 8.49. The second-order valence-corrected chi connectivity index (χ2v) is 6.59. The Morgan fingerprint density at radius 3 is 2.61 bits per heavy atom. The van der Waals surface area contributed by atoms with Gasteiger partial charge in [0, 0.05) is 31.4 Å². The van der Waals surface area contributed by atoms with E-state index >= 15 is 0 Å². The van der Waals surface area contributed by atoms with Crippen LogP contribution < -0.4 is 15.1 Å². The van der Waals surface area contributed by atoms with Gasteiger partial charge in [0.2, 0.25) is 5.91 Å². The molecule has 2 aromatic rings. The zero-order valence-electron chi connectivity index (χ0n) is 16.5. The average molecular weight is 386 g/mol. The van der Waals surface area contributed by atoms with Crippen molar-refractivity contribution in [3.05, 3.63) is 42.7 Å². The monoisotopic (exact) mass is 386 g/mol. The van der Waals surface area contributed by atoms with Gasteiger partial charge in [-0.25, -0.2) is 15.4 Å². The van der Waals surface area contributed by atoms with Crippen LogP contribution in [0.4, 0.5) is 11.6 Å². The van der Waals surface area contributed by atoms with Gasteiger partial charge in [-0.15, -0.1) is 0 Å². The molecular weight excluding hydrogens is 356 g/mol. The molecular formula is C21H30N4O3. The number of carbonyl (C=O) groups excluding carboxylic acids is 1. The topological polar surface area (TPSA) is 87.6 Å². The van der Waals surface area contributed by atoms with Gasteiger partial charge < -0.3 is 9.64 Å². The molecule has 0 radical (unpaired) electrons. The van der Waals surface area contributed by atoms with Gasteiger partial charge in [0.25, 0.3) is 0 Å². The lowest BCUT2D eigenvalue weighted by Crippen LogP contribution is -2.20. The number of nitrogens with one attached hydrogen (secondary N) is 1. The molecule has 2 heterocycles. The van der Waals surface area contributed by atoms with Crippen LogP contribution >= 0.6 is 0 Å². The van der Waals surface area contributed by atoms with E-state index in [0.717, 1.165) is 62.5 Å². The van der Waals surface area contributed by atoms with Gasteiger partial charge in [0.15, 0.2) is 0 Å². The number of rotatable bonds is 13. The summed E-state index contributed by atoms with van der Waals surface area (Å²) in [6, 6.07) is 9.68. The minimum atomic E-state index is -0.322. The number of hydrogen-bond acceptors (Lipinski definition) is 6. The molecule has 7 nitrogen and oxygen atoms in total. The van der Waals surface area contributed by atoms with Gasteiger partial charge >= 0.3 is 0 Å². The van der Waals surface area contributed by atoms with Crippen LogP contribution in [0.3, 0.4) is 0 Å². The number of carbonyl (C=O) groups is 1. The summed E-state index contributed by atoms with van der Waals surface area (Å²) in [4.78, 5) is 22.1. The van der Waals surface area contributed by atoms with E-state index in [1.807, 2.05) is 30.3 Å². The molecule has 28 heavy (non-hydrogen) atoms. The predicted molar refractivity (Wildman–Crippen MR) is 109 cm³/mol. The maximum Gasteiger partial charge on any atom is 0.243 e. The number of aromatic nitrogens is 2. The van der Waals surface area contributed by atoms with Crippen molar-refractivity contribution < 1.29 is 14.7 Å². The van der Waals surface area contributed by atoms with Crippen LogP contribution in [-0.2, 0) is 4.79 Å². The van der Waals surface area contributed by atoms with Crippen LogP contribution in [0.25, 0.3) is 0 Å². The summed E-state index contributed by atoms with van der Waals surface area (Å²) in [7, 11) is 0. The van der Waals surface area contributed by atoms with E-state index in [2.05, 4.69) is 21.8 Å². The first-order valence-corrected chi connectivity index (χ1v) is 9.95. The first-order chi connectivity index (χ1) is 13.7. The van der Waals surface area contributed by atoms with E-state index in [4.69, 9.17) is 9.94 Å². The first-order valence-electron chi connectivity index (χ1n) is 9.95. The first kappa shape index (κ1) is 21.6. The van der Waals surface area contributed by atoms with E-state index in [9.17, 15) is 4.79 Å². The molecule has 0 saturated heterocycles. The Morgan fingerprint density at radius 2 is 1.86 bits per heavy atom. The minimum absolute atomic E-state index is 0.322. The van der Waals surface area contributed by atoms with Gasteiger partial charge in [0.05, 0.1) is 6.61 Å². The van der Waals surface area contributed by atoms with Crippen molar-refractivity contribution in [2.24, 2.45) is 0 Å². The van der Waals surface area contributed by atoms with Crippen LogP contribution in [0.2, 0.25) is 0 Å². The van der Waals surface area contributed by atoms with Crippen LogP contribution in [-0.4, -0.2) is 34.2 Å². The van der Waals surface area contributed by atoms with Gasteiger partial charge in [-0.2, -0.15) is 0 Å². The molecule has 0 aliphatic rings. The third-order valence-electron chi connectivity index (χ3n) is 4.30. The zero-order valence-corrected chi connectivity index (χ0v) is 16.5. The maximum atomic E-state index is 11.0. The molecule has 2 aromatic heterocycles. The third-order valence-corrected chi connectivity index (χ3v) is 4.30. The van der Waals surface area contributed by atoms with Crippen molar-refractivity contribution in [3.63, 3.8) is 0 Å². The number of hydroxylamine groups is 1. The Labute approximate surface area is 166 Å². The van der Waals surface area contributed by atoms with Crippen LogP contribution in [0.5, 0.6) is 5.75 Å². The number of unbranched alkanes of at least 4 members (excludes halogenated alkanes) is 4. The Balaban J connectivity index is 1.91. The van der Waals surface area contributed by atoms with Crippen LogP contribution in [0.15, 0.2) is 42.7 Å². The smallest absolute Gasteiger partial charge is 0.243 e. The van der Waals surface area contributed by atoms with E-state index in [-0.39, 0.29) is 5.91 Å². The molecule has 0 atom stereocenters. The van der Waals surface area contributed by atoms with Crippen LogP contribution in [0.1, 0.15) is 51.9 Å². The van der Waals surface area contributed by atoms with Gasteiger partial charge in [0.1, 0.15) is 17.4 Å². The molecule has 7 heteroatoms. The SMILES string of the molecule is CCCOc1ccnc(N(CCCCCCCC(=O)NO)c2ccccn2)c1. The molecule has 0 aromatic carbocycles. The van der Waals surface area contributed by atoms with Gasteiger partial charge in [-0.3, -0.25) is 10.0 Å². The van der Waals surface area contributed by atoms with Crippen molar-refractivity contribution in [1.82, 2.24) is 15.4 Å². The van der Waals surface area contributed by atoms with Crippen molar-refractivity contribution >= 4 is 17.5 Å². The second-order valence-electron chi connectivity index (χ2n) is 6.59. The summed E-state index contributed by atoms with van der Waals surface area (Å²) in [6.07, 6.45) is 9.72. The normalized spacial score (nSPS) is 10.5. The fourth-order valence-electron chi connectivity index (χ4n) is 2.86. The number of pyridine rings is 2. The molecule has 2 rings (SSSR count). The minimum Gasteiger partial charge on any atom is -0.493 e. The third kappa shape index (κ3) is 7.52. The number of ether oxygens (including phenoxy) is 1. The summed E-state index contributed by atoms with van der Waals surface area (Å²) >= 11 is 0. The lowest BCUT2D eigenvalue weighted by molar-refractivity contribution is -0.129. The predicted octanol–water partition coefficient (Wildman–Crippen LogP) is 4.25. The molecule has 0 aliphatic heterocycles. The zero-order chi connectivity index (χ0) is 20.0. The largest absolute Gasteiger partial charge is 0.493 e. The quantitative estimate of drug-likeness (QED) is 0.304. The average Bonchev–Trinajstić information content (AvgIpc) is 2.74. The Morgan fingerprint density at radius 1 is 1.07 bits per heavy atom. The number of anilines is 2. The molecule has 0 fully saturated rings. The Bertz CT molecular complexity index is 697. The Hall–Kier alpha value is -2.67. The molecule has 0 unspecified atom stereocenters. The lowest BCUT2D eigenvalue weighted by atomic mass is 10.1. The summed E-state index contributed by atoms with van der Waals surface area (Å²) in [6.45, 7) is 3.57. The molecule has 1 amide bonds. The van der Waals surface area contributed by atoms with Gasteiger partial charge in [-0.05, 0) is 37.5 Å². The van der Waals surface area contributed by atoms with E-state index in [0.29, 0.717) is 13.0 Å². The number of hydrogen-bond donors (Lipinski definition) is 2. The standard InChI is InChI=1S/C21H30N4O3/c1-2-16-28-18-12-14-23-20(17-18)25(19-10-7-8-13-22-19)15-9-5-3-4-6-11-21(26)24-27/h7-8,10,12-14,17,27H,2-6,9,11,15-16H2,1H3,(H,24,26). The number of nitrogens with zero attached hydrogens (tertiary/aromatic N) is 3. The van der Waals surface area contributed by atoms with Crippen molar-refractivity contribution in [1.29, 1.82) is 0 Å². The molecule has 152 valence electrons. The highest BCUT2D eigenvalue weighted by Crippen LogP contribution is 2.25. The fraction of sp³-hybridized carbons (Fsp3) is 0.476. The highest BCUT2D eigenvalue weighted by Gasteiger charge is 2.12. The van der Waals surface area contributed by atoms with E-state index in [1.165, 1.54) is 0 Å². The molecule has 0 aliphatic carbocycles. The summed E-state index contributed by atoms with van der Waals surface area (Å²) in [5.74, 6) is 2.18. The van der Waals surface area contributed by atoms with Gasteiger partial charge in [-0.1, -0.05) is 32.3 Å². The second kappa shape index (κ2) is 12.7. The lowest BCUT2D eigenvalue weighted by Gasteiger charge is -2.23. The molecule has 0 saturated carbocycles. The van der Waals surface area contributed by atoms with Crippen LogP contribution in [0, 0.1) is 0 Å². The number of amides is 1. The maximum absolute atomic E-state index is 11.0. The highest BCUT2D eigenvalue weighted by molar-refractivity contribution is 5.74. The fourth-order valence-corrected chi connectivity index (χ4v) is 2.86. The van der Waals surface area contributed by atoms with Crippen molar-refractivity contribution in [2.75, 3.05) is 18.1 Å². The molecule has 0 spiro atoms. The Kier molecular flexibility index (Phi) is 9.79. The highest BCUT2D eigenvalue weighted by atomic mass is 16.5. The molecule has 2 N–H and O–H groups in total.